The van der Waals surface area contributed by atoms with Gasteiger partial charge in [-0.3, -0.25) is 14.9 Å². The van der Waals surface area contributed by atoms with Crippen LogP contribution < -0.4 is 10.6 Å². The van der Waals surface area contributed by atoms with Crippen LogP contribution >= 0.6 is 11.8 Å². The zero-order valence-electron chi connectivity index (χ0n) is 13.1. The molecule has 2 unspecified atom stereocenters. The molecule has 2 amide bonds. The summed E-state index contributed by atoms with van der Waals surface area (Å²) >= 11 is 1.70. The molecular weight excluding hydrogens is 314 g/mol. The van der Waals surface area contributed by atoms with Gasteiger partial charge in [0.15, 0.2) is 0 Å². The van der Waals surface area contributed by atoms with Crippen LogP contribution in [0.15, 0.2) is 24.3 Å². The molecule has 2 aliphatic rings. The van der Waals surface area contributed by atoms with Crippen molar-refractivity contribution in [2.24, 2.45) is 0 Å². The van der Waals surface area contributed by atoms with Gasteiger partial charge in [0.05, 0.1) is 25.3 Å². The van der Waals surface area contributed by atoms with Crippen molar-refractivity contribution in [2.45, 2.75) is 19.0 Å². The van der Waals surface area contributed by atoms with Crippen molar-refractivity contribution >= 4 is 29.3 Å². The Bertz CT molecular complexity index is 590. The van der Waals surface area contributed by atoms with Gasteiger partial charge in [-0.25, -0.2) is 0 Å². The highest BCUT2D eigenvalue weighted by Gasteiger charge is 2.26. The minimum absolute atomic E-state index is 0.0218. The maximum absolute atomic E-state index is 12.6. The van der Waals surface area contributed by atoms with Gasteiger partial charge < -0.3 is 15.0 Å². The molecule has 0 saturated carbocycles. The van der Waals surface area contributed by atoms with Gasteiger partial charge >= 0.3 is 0 Å². The average molecular weight is 335 g/mol. The second-order valence-electron chi connectivity index (χ2n) is 5.76. The fourth-order valence-corrected chi connectivity index (χ4v) is 3.66. The molecule has 2 aliphatic heterocycles. The van der Waals surface area contributed by atoms with Crippen LogP contribution in [0.1, 0.15) is 17.3 Å². The summed E-state index contributed by atoms with van der Waals surface area (Å²) in [4.78, 5) is 26.6. The molecular formula is C16H21N3O3S. The molecule has 2 atom stereocenters. The zero-order valence-corrected chi connectivity index (χ0v) is 13.9. The maximum Gasteiger partial charge on any atom is 0.254 e. The number of morpholine rings is 1. The lowest BCUT2D eigenvalue weighted by Gasteiger charge is -2.33. The van der Waals surface area contributed by atoms with E-state index >= 15 is 0 Å². The molecule has 2 N–H and O–H groups in total. The van der Waals surface area contributed by atoms with Gasteiger partial charge in [0, 0.05) is 29.4 Å². The molecule has 2 heterocycles. The monoisotopic (exact) mass is 335 g/mol. The van der Waals surface area contributed by atoms with Crippen LogP contribution in [0.25, 0.3) is 0 Å². The van der Waals surface area contributed by atoms with E-state index in [1.807, 2.05) is 11.8 Å². The molecule has 1 aromatic carbocycles. The first kappa shape index (κ1) is 16.3. The van der Waals surface area contributed by atoms with E-state index in [0.29, 0.717) is 31.0 Å². The Morgan fingerprint density at radius 2 is 2.30 bits per heavy atom. The summed E-state index contributed by atoms with van der Waals surface area (Å²) in [6.45, 7) is 3.70. The molecule has 1 aromatic rings. The molecule has 2 fully saturated rings. The van der Waals surface area contributed by atoms with Crippen molar-refractivity contribution in [2.75, 3.05) is 36.7 Å². The summed E-state index contributed by atoms with van der Waals surface area (Å²) in [5.74, 6) is 1.49. The lowest BCUT2D eigenvalue weighted by molar-refractivity contribution is -0.117. The zero-order chi connectivity index (χ0) is 16.2. The van der Waals surface area contributed by atoms with E-state index in [-0.39, 0.29) is 23.9 Å². The Balaban J connectivity index is 1.69. The smallest absolute Gasteiger partial charge is 0.254 e. The molecule has 0 radical (unpaired) electrons. The third-order valence-corrected chi connectivity index (χ3v) is 4.98. The molecule has 23 heavy (non-hydrogen) atoms. The van der Waals surface area contributed by atoms with Gasteiger partial charge in [-0.1, -0.05) is 6.07 Å². The van der Waals surface area contributed by atoms with Crippen LogP contribution in [0.2, 0.25) is 0 Å². The summed E-state index contributed by atoms with van der Waals surface area (Å²) in [6, 6.07) is 7.02. The predicted octanol–water partition coefficient (Wildman–Crippen LogP) is 1.15. The van der Waals surface area contributed by atoms with Gasteiger partial charge in [0.1, 0.15) is 0 Å². The molecule has 2 saturated heterocycles. The normalized spacial score (nSPS) is 24.5. The minimum Gasteiger partial charge on any atom is -0.377 e. The molecule has 0 aliphatic carbocycles. The Morgan fingerprint density at radius 1 is 1.43 bits per heavy atom. The standard InChI is InChI=1S/C16H21N3O3S/c1-11-8-22-6-5-19(11)16(21)12-3-2-4-13(7-12)18-15(20)14-9-23-10-17-14/h2-4,7,11,14,17H,5-6,8-10H2,1H3,(H,18,20). The molecule has 6 nitrogen and oxygen atoms in total. The Morgan fingerprint density at radius 3 is 3.04 bits per heavy atom. The van der Waals surface area contributed by atoms with E-state index in [2.05, 4.69) is 10.6 Å². The highest BCUT2D eigenvalue weighted by molar-refractivity contribution is 7.99. The number of carbonyl (C=O) groups is 2. The van der Waals surface area contributed by atoms with Gasteiger partial charge in [-0.05, 0) is 25.1 Å². The van der Waals surface area contributed by atoms with Crippen LogP contribution in [0, 0.1) is 0 Å². The van der Waals surface area contributed by atoms with E-state index in [0.717, 1.165) is 11.6 Å². The number of nitrogens with one attached hydrogen (secondary N) is 2. The van der Waals surface area contributed by atoms with Crippen molar-refractivity contribution in [1.82, 2.24) is 10.2 Å². The highest BCUT2D eigenvalue weighted by atomic mass is 32.2. The summed E-state index contributed by atoms with van der Waals surface area (Å²) in [5.41, 5.74) is 1.24. The average Bonchev–Trinajstić information content (AvgIpc) is 3.09. The number of nitrogens with zero attached hydrogens (tertiary/aromatic N) is 1. The number of anilines is 1. The van der Waals surface area contributed by atoms with Crippen LogP contribution in [-0.4, -0.2) is 60.2 Å². The number of ether oxygens (including phenoxy) is 1. The van der Waals surface area contributed by atoms with Crippen LogP contribution in [0.3, 0.4) is 0 Å². The topological polar surface area (TPSA) is 70.7 Å². The fourth-order valence-electron chi connectivity index (χ4n) is 2.72. The van der Waals surface area contributed by atoms with E-state index in [1.54, 1.807) is 36.0 Å². The first-order chi connectivity index (χ1) is 11.1. The van der Waals surface area contributed by atoms with Gasteiger partial charge in [-0.2, -0.15) is 0 Å². The molecule has 0 bridgehead atoms. The number of amides is 2. The molecule has 0 aromatic heterocycles. The third kappa shape index (κ3) is 3.85. The van der Waals surface area contributed by atoms with Crippen LogP contribution in [0.4, 0.5) is 5.69 Å². The summed E-state index contributed by atoms with van der Waals surface area (Å²) in [7, 11) is 0. The number of hydrogen-bond acceptors (Lipinski definition) is 5. The molecule has 124 valence electrons. The lowest BCUT2D eigenvalue weighted by atomic mass is 10.1. The van der Waals surface area contributed by atoms with Gasteiger partial charge in [0.2, 0.25) is 5.91 Å². The lowest BCUT2D eigenvalue weighted by Crippen LogP contribution is -2.47. The first-order valence-electron chi connectivity index (χ1n) is 7.76. The van der Waals surface area contributed by atoms with E-state index in [1.165, 1.54) is 0 Å². The molecule has 7 heteroatoms. The predicted molar refractivity (Wildman–Crippen MR) is 90.6 cm³/mol. The van der Waals surface area contributed by atoms with E-state index in [4.69, 9.17) is 4.74 Å². The first-order valence-corrected chi connectivity index (χ1v) is 8.91. The van der Waals surface area contributed by atoms with Crippen molar-refractivity contribution in [3.8, 4) is 0 Å². The Labute approximate surface area is 139 Å². The number of thioether (sulfide) groups is 1. The number of hydrogen-bond donors (Lipinski definition) is 2. The largest absolute Gasteiger partial charge is 0.377 e. The van der Waals surface area contributed by atoms with Crippen molar-refractivity contribution in [3.63, 3.8) is 0 Å². The fraction of sp³-hybridized carbons (Fsp3) is 0.500. The second-order valence-corrected chi connectivity index (χ2v) is 6.79. The van der Waals surface area contributed by atoms with Gasteiger partial charge in [0.25, 0.3) is 5.91 Å². The number of carbonyl (C=O) groups excluding carboxylic acids is 2. The van der Waals surface area contributed by atoms with Crippen molar-refractivity contribution in [3.05, 3.63) is 29.8 Å². The minimum atomic E-state index is -0.168. The maximum atomic E-state index is 12.6. The highest BCUT2D eigenvalue weighted by Crippen LogP contribution is 2.17. The summed E-state index contributed by atoms with van der Waals surface area (Å²) in [5, 5.41) is 6.02. The van der Waals surface area contributed by atoms with Crippen LogP contribution in [0.5, 0.6) is 0 Å². The number of rotatable bonds is 3. The SMILES string of the molecule is CC1COCCN1C(=O)c1cccc(NC(=O)C2CSCN2)c1. The Kier molecular flexibility index (Phi) is 5.20. The molecule has 3 rings (SSSR count). The van der Waals surface area contributed by atoms with Crippen molar-refractivity contribution < 1.29 is 14.3 Å². The third-order valence-electron chi connectivity index (χ3n) is 4.04. The second kappa shape index (κ2) is 7.33. The van der Waals surface area contributed by atoms with E-state index in [9.17, 15) is 9.59 Å². The van der Waals surface area contributed by atoms with E-state index < -0.39 is 0 Å². The van der Waals surface area contributed by atoms with Gasteiger partial charge in [-0.15, -0.1) is 11.8 Å². The quantitative estimate of drug-likeness (QED) is 0.867. The Hall–Kier alpha value is -1.57. The number of benzene rings is 1. The summed E-state index contributed by atoms with van der Waals surface area (Å²) < 4.78 is 5.37. The van der Waals surface area contributed by atoms with Crippen LogP contribution in [-0.2, 0) is 9.53 Å². The summed E-state index contributed by atoms with van der Waals surface area (Å²) in [6.07, 6.45) is 0. The van der Waals surface area contributed by atoms with Crippen molar-refractivity contribution in [1.29, 1.82) is 0 Å². The molecule has 0 spiro atoms.